The molecule has 0 aliphatic carbocycles. The first-order chi connectivity index (χ1) is 15.8. The van der Waals surface area contributed by atoms with Crippen LogP contribution in [0.1, 0.15) is 32.0 Å². The van der Waals surface area contributed by atoms with E-state index in [1.807, 2.05) is 35.8 Å². The lowest BCUT2D eigenvalue weighted by Gasteiger charge is -2.09. The Morgan fingerprint density at radius 2 is 1.94 bits per heavy atom. The fourth-order valence-corrected chi connectivity index (χ4v) is 3.20. The molecule has 0 saturated carbocycles. The highest BCUT2D eigenvalue weighted by Gasteiger charge is 2.21. The molecule has 10 heteroatoms. The monoisotopic (exact) mass is 448 g/mol. The van der Waals surface area contributed by atoms with Gasteiger partial charge in [-0.1, -0.05) is 18.1 Å². The minimum atomic E-state index is -1.20. The second kappa shape index (κ2) is 8.80. The fourth-order valence-electron chi connectivity index (χ4n) is 3.20. The summed E-state index contributed by atoms with van der Waals surface area (Å²) in [6.07, 6.45) is 0. The number of hydrogen-bond donors (Lipinski definition) is 2. The minimum absolute atomic E-state index is 0.132. The molecule has 10 nitrogen and oxygen atoms in total. The summed E-state index contributed by atoms with van der Waals surface area (Å²) >= 11 is 0. The van der Waals surface area contributed by atoms with Gasteiger partial charge in [-0.05, 0) is 54.7 Å². The second-order valence-electron chi connectivity index (χ2n) is 7.80. The predicted octanol–water partition coefficient (Wildman–Crippen LogP) is 2.79. The van der Waals surface area contributed by atoms with E-state index in [1.165, 1.54) is 0 Å². The van der Waals surface area contributed by atoms with Crippen molar-refractivity contribution in [3.63, 3.8) is 0 Å². The van der Waals surface area contributed by atoms with Gasteiger partial charge < -0.3 is 24.9 Å². The van der Waals surface area contributed by atoms with Gasteiger partial charge in [-0.25, -0.2) is 14.6 Å². The lowest BCUT2D eigenvalue weighted by Crippen LogP contribution is -2.14. The van der Waals surface area contributed by atoms with Crippen molar-refractivity contribution in [2.45, 2.75) is 39.5 Å². The molecule has 3 heterocycles. The number of hydrogen-bond acceptors (Lipinski definition) is 9. The average Bonchev–Trinajstić information content (AvgIpc) is 3.38. The van der Waals surface area contributed by atoms with Crippen LogP contribution in [0.4, 0.5) is 5.82 Å². The van der Waals surface area contributed by atoms with Gasteiger partial charge in [-0.2, -0.15) is 0 Å². The van der Waals surface area contributed by atoms with Crippen LogP contribution in [0.5, 0.6) is 11.6 Å². The number of nitrogen functional groups attached to an aromatic ring is 1. The highest BCUT2D eigenvalue weighted by Crippen LogP contribution is 2.30. The molecule has 0 radical (unpaired) electrons. The molecule has 0 atom stereocenters. The third-order valence-corrected chi connectivity index (χ3v) is 4.79. The molecule has 0 saturated heterocycles. The summed E-state index contributed by atoms with van der Waals surface area (Å²) in [5.74, 6) is 7.47. The van der Waals surface area contributed by atoms with E-state index < -0.39 is 5.60 Å². The second-order valence-corrected chi connectivity index (χ2v) is 7.80. The summed E-state index contributed by atoms with van der Waals surface area (Å²) < 4.78 is 17.8. The molecule has 4 aromatic rings. The van der Waals surface area contributed by atoms with Crippen LogP contribution in [0.25, 0.3) is 22.6 Å². The number of pyridine rings is 1. The standard InChI is InChI=1S/C23H24N6O4/c1-5-29-17-12-18(32-13-14-6-8-15(31-4)9-7-14)25-16(10-11-23(2,3)30)19(17)26-22(29)20-21(24)28-33-27-20/h6-9,12,30H,5,13H2,1-4H3,(H2,24,28). The van der Waals surface area contributed by atoms with Crippen LogP contribution in [0.2, 0.25) is 0 Å². The van der Waals surface area contributed by atoms with E-state index in [0.717, 1.165) is 16.8 Å². The summed E-state index contributed by atoms with van der Waals surface area (Å²) in [5.41, 5.74) is 7.61. The summed E-state index contributed by atoms with van der Waals surface area (Å²) in [6.45, 7) is 6.03. The van der Waals surface area contributed by atoms with Crippen molar-refractivity contribution in [3.05, 3.63) is 41.6 Å². The van der Waals surface area contributed by atoms with Gasteiger partial charge in [-0.15, -0.1) is 0 Å². The van der Waals surface area contributed by atoms with Crippen molar-refractivity contribution < 1.29 is 19.2 Å². The van der Waals surface area contributed by atoms with Gasteiger partial charge in [0.05, 0.1) is 12.6 Å². The topological polar surface area (TPSA) is 134 Å². The third-order valence-electron chi connectivity index (χ3n) is 4.79. The highest BCUT2D eigenvalue weighted by molar-refractivity contribution is 5.86. The molecule has 170 valence electrons. The molecule has 0 bridgehead atoms. The van der Waals surface area contributed by atoms with Crippen molar-refractivity contribution in [1.82, 2.24) is 24.8 Å². The SMILES string of the molecule is CCn1c(-c2nonc2N)nc2c(C#CC(C)(C)O)nc(OCc3ccc(OC)cc3)cc21. The number of anilines is 1. The maximum absolute atomic E-state index is 10.1. The molecule has 0 fully saturated rings. The summed E-state index contributed by atoms with van der Waals surface area (Å²) in [7, 11) is 1.62. The molecular weight excluding hydrogens is 424 g/mol. The molecule has 0 spiro atoms. The van der Waals surface area contributed by atoms with Crippen LogP contribution in [-0.4, -0.2) is 42.7 Å². The normalized spacial score (nSPS) is 11.3. The molecule has 0 amide bonds. The Morgan fingerprint density at radius 3 is 2.55 bits per heavy atom. The van der Waals surface area contributed by atoms with Crippen molar-refractivity contribution in [3.8, 4) is 35.0 Å². The Bertz CT molecular complexity index is 1340. The number of aliphatic hydroxyl groups is 1. The molecule has 0 aliphatic rings. The zero-order valence-electron chi connectivity index (χ0n) is 18.8. The fraction of sp³-hybridized carbons (Fsp3) is 0.304. The molecule has 1 aromatic carbocycles. The number of fused-ring (bicyclic) bond motifs is 1. The lowest BCUT2D eigenvalue weighted by atomic mass is 10.1. The van der Waals surface area contributed by atoms with E-state index in [2.05, 4.69) is 32.1 Å². The van der Waals surface area contributed by atoms with Crippen LogP contribution >= 0.6 is 0 Å². The Labute approximate surface area is 190 Å². The van der Waals surface area contributed by atoms with E-state index in [4.69, 9.17) is 19.8 Å². The van der Waals surface area contributed by atoms with E-state index in [0.29, 0.717) is 41.8 Å². The number of nitrogens with two attached hydrogens (primary N) is 1. The molecule has 3 aromatic heterocycles. The first-order valence-electron chi connectivity index (χ1n) is 10.3. The van der Waals surface area contributed by atoms with Gasteiger partial charge in [0.1, 0.15) is 29.2 Å². The maximum Gasteiger partial charge on any atom is 0.217 e. The Hall–Kier alpha value is -4.10. The van der Waals surface area contributed by atoms with Gasteiger partial charge in [0.15, 0.2) is 17.3 Å². The molecular formula is C23H24N6O4. The predicted molar refractivity (Wildman–Crippen MR) is 121 cm³/mol. The number of ether oxygens (including phenoxy) is 2. The summed E-state index contributed by atoms with van der Waals surface area (Å²) in [6, 6.07) is 9.36. The van der Waals surface area contributed by atoms with Gasteiger partial charge in [-0.3, -0.25) is 0 Å². The minimum Gasteiger partial charge on any atom is -0.497 e. The van der Waals surface area contributed by atoms with Crippen LogP contribution in [0.15, 0.2) is 35.0 Å². The molecule has 0 aliphatic heterocycles. The summed E-state index contributed by atoms with van der Waals surface area (Å²) in [5, 5.41) is 17.6. The van der Waals surface area contributed by atoms with Crippen LogP contribution in [0.3, 0.4) is 0 Å². The average molecular weight is 448 g/mol. The van der Waals surface area contributed by atoms with Crippen molar-refractivity contribution in [2.24, 2.45) is 0 Å². The first-order valence-corrected chi connectivity index (χ1v) is 10.3. The molecule has 0 unspecified atom stereocenters. The van der Waals surface area contributed by atoms with E-state index >= 15 is 0 Å². The number of aryl methyl sites for hydroxylation is 1. The van der Waals surface area contributed by atoms with E-state index in [9.17, 15) is 5.11 Å². The Morgan fingerprint density at radius 1 is 1.18 bits per heavy atom. The zero-order chi connectivity index (χ0) is 23.6. The van der Waals surface area contributed by atoms with E-state index in [1.54, 1.807) is 27.0 Å². The lowest BCUT2D eigenvalue weighted by molar-refractivity contribution is 0.143. The number of rotatable bonds is 6. The number of imidazole rings is 1. The Kier molecular flexibility index (Phi) is 5.89. The van der Waals surface area contributed by atoms with Gasteiger partial charge in [0.2, 0.25) is 5.88 Å². The molecule has 33 heavy (non-hydrogen) atoms. The smallest absolute Gasteiger partial charge is 0.217 e. The Balaban J connectivity index is 1.80. The molecule has 4 rings (SSSR count). The van der Waals surface area contributed by atoms with Crippen molar-refractivity contribution in [2.75, 3.05) is 12.8 Å². The van der Waals surface area contributed by atoms with E-state index in [-0.39, 0.29) is 5.82 Å². The van der Waals surface area contributed by atoms with Gasteiger partial charge in [0.25, 0.3) is 0 Å². The third kappa shape index (κ3) is 4.73. The maximum atomic E-state index is 10.1. The largest absolute Gasteiger partial charge is 0.497 e. The van der Waals surface area contributed by atoms with Crippen molar-refractivity contribution >= 4 is 16.9 Å². The van der Waals surface area contributed by atoms with Crippen LogP contribution in [0, 0.1) is 11.8 Å². The highest BCUT2D eigenvalue weighted by atomic mass is 16.6. The number of methoxy groups -OCH3 is 1. The van der Waals surface area contributed by atoms with Gasteiger partial charge in [0, 0.05) is 12.6 Å². The number of benzene rings is 1. The zero-order valence-corrected chi connectivity index (χ0v) is 18.8. The number of aromatic nitrogens is 5. The first kappa shape index (κ1) is 22.1. The summed E-state index contributed by atoms with van der Waals surface area (Å²) in [4.78, 5) is 9.22. The van der Waals surface area contributed by atoms with Crippen LogP contribution < -0.4 is 15.2 Å². The van der Waals surface area contributed by atoms with Crippen LogP contribution in [-0.2, 0) is 13.2 Å². The number of nitrogens with zero attached hydrogens (tertiary/aromatic N) is 5. The van der Waals surface area contributed by atoms with Crippen molar-refractivity contribution in [1.29, 1.82) is 0 Å². The molecule has 3 N–H and O–H groups in total. The van der Waals surface area contributed by atoms with Gasteiger partial charge >= 0.3 is 0 Å². The quantitative estimate of drug-likeness (QED) is 0.427.